The third-order valence-corrected chi connectivity index (χ3v) is 5.89. The molecule has 3 N–H and O–H groups in total. The molecule has 1 aromatic heterocycles. The minimum absolute atomic E-state index is 0.00158. The van der Waals surface area contributed by atoms with E-state index >= 15 is 0 Å². The summed E-state index contributed by atoms with van der Waals surface area (Å²) in [6, 6.07) is 3.92. The molecule has 9 nitrogen and oxygen atoms in total. The van der Waals surface area contributed by atoms with Crippen LogP contribution in [0.2, 0.25) is 5.02 Å². The zero-order valence-corrected chi connectivity index (χ0v) is 20.0. The molecule has 15 heteroatoms. The summed E-state index contributed by atoms with van der Waals surface area (Å²) in [5, 5.41) is 5.30. The van der Waals surface area contributed by atoms with Crippen LogP contribution in [0.15, 0.2) is 24.5 Å². The summed E-state index contributed by atoms with van der Waals surface area (Å²) in [7, 11) is 0. The number of alkyl halides is 5. The van der Waals surface area contributed by atoms with Gasteiger partial charge in [0.15, 0.2) is 11.9 Å². The maximum absolute atomic E-state index is 13.3. The Morgan fingerprint density at radius 2 is 1.83 bits per heavy atom. The summed E-state index contributed by atoms with van der Waals surface area (Å²) in [5.41, 5.74) is 1.91. The SMILES string of the molecule is CC(C)(C)C(OC(=O)NC1(C(F)(F)F)CC1)[C@@H](OC(N)=O)c1ccc(Cl)c(-c2ncnn2C(F)F)c1. The van der Waals surface area contributed by atoms with E-state index in [4.69, 9.17) is 26.8 Å². The molecule has 1 fully saturated rings. The predicted octanol–water partition coefficient (Wildman–Crippen LogP) is 5.37. The second-order valence-electron chi connectivity index (χ2n) is 9.30. The van der Waals surface area contributed by atoms with E-state index in [0.29, 0.717) is 4.68 Å². The van der Waals surface area contributed by atoms with Gasteiger partial charge in [0, 0.05) is 11.0 Å². The molecule has 2 aromatic rings. The lowest BCUT2D eigenvalue weighted by Crippen LogP contribution is -2.50. The van der Waals surface area contributed by atoms with Gasteiger partial charge >= 0.3 is 24.9 Å². The quantitative estimate of drug-likeness (QED) is 0.457. The van der Waals surface area contributed by atoms with Crippen LogP contribution in [-0.2, 0) is 9.47 Å². The molecule has 2 atom stereocenters. The lowest BCUT2D eigenvalue weighted by atomic mass is 9.83. The van der Waals surface area contributed by atoms with Crippen molar-refractivity contribution < 1.29 is 41.0 Å². The number of carbonyl (C=O) groups excluding carboxylic acids is 2. The van der Waals surface area contributed by atoms with Gasteiger partial charge in [0.1, 0.15) is 18.0 Å². The number of alkyl carbamates (subject to hydrolysis) is 1. The van der Waals surface area contributed by atoms with E-state index in [1.165, 1.54) is 18.2 Å². The van der Waals surface area contributed by atoms with Crippen molar-refractivity contribution in [3.8, 4) is 11.4 Å². The molecule has 1 aliphatic rings. The number of halogens is 6. The summed E-state index contributed by atoms with van der Waals surface area (Å²) in [6.45, 7) is 1.72. The summed E-state index contributed by atoms with van der Waals surface area (Å²) >= 11 is 6.19. The second kappa shape index (κ2) is 9.71. The highest BCUT2D eigenvalue weighted by Crippen LogP contribution is 2.49. The molecule has 0 spiro atoms. The van der Waals surface area contributed by atoms with Gasteiger partial charge in [-0.15, -0.1) is 0 Å². The van der Waals surface area contributed by atoms with E-state index in [1.807, 2.05) is 5.32 Å². The number of amides is 2. The molecule has 198 valence electrons. The van der Waals surface area contributed by atoms with Crippen molar-refractivity contribution in [3.63, 3.8) is 0 Å². The Kier molecular flexibility index (Phi) is 7.40. The topological polar surface area (TPSA) is 121 Å². The second-order valence-corrected chi connectivity index (χ2v) is 9.71. The first-order valence-corrected chi connectivity index (χ1v) is 10.9. The number of ether oxygens (including phenoxy) is 2. The van der Waals surface area contributed by atoms with Crippen LogP contribution in [0.25, 0.3) is 11.4 Å². The van der Waals surface area contributed by atoms with Crippen molar-refractivity contribution in [1.29, 1.82) is 0 Å². The van der Waals surface area contributed by atoms with E-state index < -0.39 is 48.1 Å². The molecule has 2 amide bonds. The Bertz CT molecular complexity index is 1130. The lowest BCUT2D eigenvalue weighted by molar-refractivity contribution is -0.165. The Morgan fingerprint density at radius 3 is 2.33 bits per heavy atom. The van der Waals surface area contributed by atoms with Crippen LogP contribution in [0.1, 0.15) is 51.8 Å². The maximum atomic E-state index is 13.3. The number of hydrogen-bond acceptors (Lipinski definition) is 6. The molecule has 1 aromatic carbocycles. The van der Waals surface area contributed by atoms with Gasteiger partial charge in [-0.2, -0.15) is 31.7 Å². The third kappa shape index (κ3) is 5.79. The minimum Gasteiger partial charge on any atom is -0.441 e. The lowest BCUT2D eigenvalue weighted by Gasteiger charge is -2.36. The van der Waals surface area contributed by atoms with Gasteiger partial charge in [0.05, 0.1) is 5.02 Å². The normalized spacial score (nSPS) is 16.8. The molecule has 1 unspecified atom stereocenters. The molecule has 0 radical (unpaired) electrons. The fourth-order valence-corrected chi connectivity index (χ4v) is 3.75. The zero-order chi connectivity index (χ0) is 27.1. The summed E-state index contributed by atoms with van der Waals surface area (Å²) < 4.78 is 77.5. The van der Waals surface area contributed by atoms with Gasteiger partial charge in [-0.25, -0.2) is 14.6 Å². The molecule has 1 saturated carbocycles. The van der Waals surface area contributed by atoms with Crippen LogP contribution in [0, 0.1) is 5.41 Å². The number of nitrogens with one attached hydrogen (secondary N) is 1. The molecule has 0 saturated heterocycles. The van der Waals surface area contributed by atoms with Crippen molar-refractivity contribution in [3.05, 3.63) is 35.1 Å². The number of hydrogen-bond donors (Lipinski definition) is 2. The summed E-state index contributed by atoms with van der Waals surface area (Å²) in [5.74, 6) is -0.304. The van der Waals surface area contributed by atoms with E-state index in [-0.39, 0.29) is 34.8 Å². The van der Waals surface area contributed by atoms with Gasteiger partial charge in [-0.3, -0.25) is 0 Å². The monoisotopic (exact) mass is 539 g/mol. The minimum atomic E-state index is -4.68. The number of carbonyl (C=O) groups is 2. The van der Waals surface area contributed by atoms with Crippen LogP contribution < -0.4 is 11.1 Å². The van der Waals surface area contributed by atoms with Crippen LogP contribution in [0.3, 0.4) is 0 Å². The molecule has 36 heavy (non-hydrogen) atoms. The van der Waals surface area contributed by atoms with Crippen molar-refractivity contribution in [2.75, 3.05) is 0 Å². The fourth-order valence-electron chi connectivity index (χ4n) is 3.54. The van der Waals surface area contributed by atoms with Gasteiger partial charge in [0.25, 0.3) is 0 Å². The summed E-state index contributed by atoms with van der Waals surface area (Å²) in [6.07, 6.45) is -9.88. The Morgan fingerprint density at radius 1 is 1.19 bits per heavy atom. The Balaban J connectivity index is 2.00. The average Bonchev–Trinajstić information content (AvgIpc) is 3.36. The first-order chi connectivity index (χ1) is 16.6. The number of aromatic nitrogens is 3. The molecule has 1 heterocycles. The van der Waals surface area contributed by atoms with Crippen LogP contribution >= 0.6 is 11.6 Å². The van der Waals surface area contributed by atoms with Crippen LogP contribution in [0.4, 0.5) is 31.5 Å². The fraction of sp³-hybridized carbons (Fsp3) is 0.524. The van der Waals surface area contributed by atoms with Crippen molar-refractivity contribution in [2.24, 2.45) is 11.1 Å². The van der Waals surface area contributed by atoms with Crippen LogP contribution in [-0.4, -0.2) is 44.8 Å². The van der Waals surface area contributed by atoms with E-state index in [9.17, 15) is 31.5 Å². The maximum Gasteiger partial charge on any atom is 0.411 e. The molecule has 0 aliphatic heterocycles. The van der Waals surface area contributed by atoms with Gasteiger partial charge in [0.2, 0.25) is 0 Å². The highest BCUT2D eigenvalue weighted by atomic mass is 35.5. The standard InChI is InChI=1S/C21H23ClF5N5O4/c1-19(2,3)14(36-18(34)31-20(6-7-20)21(25,26)27)13(35-17(28)33)10-4-5-12(22)11(8-10)15-29-9-30-32(15)16(23)24/h4-5,8-9,13-14,16H,6-7H2,1-3H3,(H2,28,33)(H,31,34)/t13-,14?/m0/s1. The van der Waals surface area contributed by atoms with E-state index in [2.05, 4.69) is 10.1 Å². The van der Waals surface area contributed by atoms with Crippen LogP contribution in [0.5, 0.6) is 0 Å². The molecule has 0 bridgehead atoms. The van der Waals surface area contributed by atoms with Crippen molar-refractivity contribution >= 4 is 23.8 Å². The first-order valence-electron chi connectivity index (χ1n) is 10.5. The van der Waals surface area contributed by atoms with E-state index in [1.54, 1.807) is 20.8 Å². The van der Waals surface area contributed by atoms with Gasteiger partial charge < -0.3 is 20.5 Å². The van der Waals surface area contributed by atoms with Gasteiger partial charge in [-0.05, 0) is 30.5 Å². The largest absolute Gasteiger partial charge is 0.441 e. The number of rotatable bonds is 7. The van der Waals surface area contributed by atoms with Crippen molar-refractivity contribution in [1.82, 2.24) is 20.1 Å². The number of nitrogens with zero attached hydrogens (tertiary/aromatic N) is 3. The smallest absolute Gasteiger partial charge is 0.411 e. The van der Waals surface area contributed by atoms with Gasteiger partial charge in [-0.1, -0.05) is 38.4 Å². The zero-order valence-electron chi connectivity index (χ0n) is 19.3. The predicted molar refractivity (Wildman–Crippen MR) is 116 cm³/mol. The third-order valence-electron chi connectivity index (χ3n) is 5.56. The Labute approximate surface area is 207 Å². The first kappa shape index (κ1) is 27.4. The number of benzene rings is 1. The van der Waals surface area contributed by atoms with Crippen molar-refractivity contribution in [2.45, 2.75) is 64.1 Å². The highest BCUT2D eigenvalue weighted by molar-refractivity contribution is 6.33. The number of nitrogens with two attached hydrogens (primary N) is 1. The molecule has 3 rings (SSSR count). The average molecular weight is 540 g/mol. The highest BCUT2D eigenvalue weighted by Gasteiger charge is 2.64. The number of primary amides is 1. The Hall–Kier alpha value is -3.16. The molecule has 1 aliphatic carbocycles. The molecular weight excluding hydrogens is 517 g/mol. The summed E-state index contributed by atoms with van der Waals surface area (Å²) in [4.78, 5) is 28.1. The van der Waals surface area contributed by atoms with E-state index in [0.717, 1.165) is 6.33 Å². The molecular formula is C21H23ClF5N5O4.